The first-order valence-corrected chi connectivity index (χ1v) is 11.3. The Kier molecular flexibility index (Phi) is 8.42. The number of nitrogens with zero attached hydrogens (tertiary/aromatic N) is 3. The molecule has 2 atom stereocenters. The smallest absolute Gasteiger partial charge is 0.311 e. The van der Waals surface area contributed by atoms with Crippen LogP contribution in [-0.2, 0) is 16.5 Å². The average molecular weight is 489 g/mol. The summed E-state index contributed by atoms with van der Waals surface area (Å²) in [7, 11) is 0. The standard InChI is InChI=1S/C22H28N6O5S/c1-2-27-11-3-4-18(27)13-25-21(29)16-7-10-20(19(12-16)28(30)31)32-14-15-5-8-17(9-6-15)22(23,34)33-26-24/h5-10,12,18,24,34H,2-4,11,13-14,23H2,1H3,(H,25,29). The maximum absolute atomic E-state index is 12.6. The van der Waals surface area contributed by atoms with Crippen LogP contribution in [0.4, 0.5) is 5.69 Å². The minimum atomic E-state index is -1.55. The Bertz CT molecular complexity index is 1030. The van der Waals surface area contributed by atoms with E-state index in [-0.39, 0.29) is 35.6 Å². The molecule has 0 saturated carbocycles. The summed E-state index contributed by atoms with van der Waals surface area (Å²) in [5.74, 6) is -0.302. The molecule has 2 aromatic rings. The summed E-state index contributed by atoms with van der Waals surface area (Å²) < 4.78 is 5.65. The van der Waals surface area contributed by atoms with Crippen LogP contribution >= 0.6 is 12.6 Å². The van der Waals surface area contributed by atoms with Crippen LogP contribution in [0, 0.1) is 15.6 Å². The number of nitrogens with two attached hydrogens (primary N) is 1. The summed E-state index contributed by atoms with van der Waals surface area (Å²) in [6, 6.07) is 11.1. The fraction of sp³-hybridized carbons (Fsp3) is 0.409. The molecule has 1 aliphatic rings. The Hall–Kier alpha value is -3.22. The highest BCUT2D eigenvalue weighted by Crippen LogP contribution is 2.30. The van der Waals surface area contributed by atoms with Crippen LogP contribution in [0.2, 0.25) is 0 Å². The number of likely N-dealkylation sites (N-methyl/N-ethyl adjacent to an activating group) is 1. The normalized spacial score (nSPS) is 17.6. The van der Waals surface area contributed by atoms with Crippen molar-refractivity contribution in [2.45, 2.75) is 37.5 Å². The lowest BCUT2D eigenvalue weighted by Gasteiger charge is -2.22. The molecule has 1 fully saturated rings. The molecule has 4 N–H and O–H groups in total. The molecule has 2 aromatic carbocycles. The van der Waals surface area contributed by atoms with Crippen LogP contribution in [-0.4, -0.2) is 41.4 Å². The van der Waals surface area contributed by atoms with Gasteiger partial charge in [0.2, 0.25) is 0 Å². The third-order valence-corrected chi connectivity index (χ3v) is 6.11. The zero-order chi connectivity index (χ0) is 24.7. The number of ether oxygens (including phenoxy) is 1. The van der Waals surface area contributed by atoms with Crippen molar-refractivity contribution in [2.75, 3.05) is 19.6 Å². The van der Waals surface area contributed by atoms with E-state index in [9.17, 15) is 14.9 Å². The van der Waals surface area contributed by atoms with Gasteiger partial charge in [0.15, 0.2) is 5.75 Å². The third-order valence-electron chi connectivity index (χ3n) is 5.77. The number of nitrogens with one attached hydrogen (secondary N) is 2. The van der Waals surface area contributed by atoms with Gasteiger partial charge in [-0.3, -0.25) is 25.5 Å². The summed E-state index contributed by atoms with van der Waals surface area (Å²) in [5.41, 5.74) is 13.7. The van der Waals surface area contributed by atoms with Gasteiger partial charge in [-0.25, -0.2) is 0 Å². The van der Waals surface area contributed by atoms with E-state index in [0.29, 0.717) is 17.7 Å². The Labute approximate surface area is 202 Å². The molecular formula is C22H28N6O5S. The fourth-order valence-corrected chi connectivity index (χ4v) is 4.09. The minimum Gasteiger partial charge on any atom is -0.482 e. The van der Waals surface area contributed by atoms with Crippen LogP contribution in [0.5, 0.6) is 5.75 Å². The molecule has 0 bridgehead atoms. The van der Waals surface area contributed by atoms with E-state index in [1.165, 1.54) is 18.2 Å². The molecule has 2 unspecified atom stereocenters. The number of nitro groups is 1. The first-order chi connectivity index (χ1) is 16.2. The van der Waals surface area contributed by atoms with Crippen molar-refractivity contribution in [2.24, 2.45) is 11.0 Å². The van der Waals surface area contributed by atoms with E-state index in [1.807, 2.05) is 0 Å². The Morgan fingerprint density at radius 1 is 1.38 bits per heavy atom. The molecule has 1 heterocycles. The predicted octanol–water partition coefficient (Wildman–Crippen LogP) is 3.35. The van der Waals surface area contributed by atoms with Crippen molar-refractivity contribution in [3.63, 3.8) is 0 Å². The number of carbonyl (C=O) groups excluding carboxylic acids is 1. The second kappa shape index (κ2) is 11.3. The van der Waals surface area contributed by atoms with Crippen molar-refractivity contribution in [3.05, 3.63) is 69.3 Å². The van der Waals surface area contributed by atoms with E-state index < -0.39 is 9.98 Å². The van der Waals surface area contributed by atoms with Gasteiger partial charge >= 0.3 is 5.69 Å². The van der Waals surface area contributed by atoms with Gasteiger partial charge in [-0.15, -0.1) is 12.6 Å². The molecule has 0 spiro atoms. The molecule has 0 aromatic heterocycles. The largest absolute Gasteiger partial charge is 0.482 e. The molecular weight excluding hydrogens is 460 g/mol. The van der Waals surface area contributed by atoms with Gasteiger partial charge in [0.25, 0.3) is 11.0 Å². The molecule has 182 valence electrons. The number of thiol groups is 1. The maximum Gasteiger partial charge on any atom is 0.311 e. The van der Waals surface area contributed by atoms with E-state index in [4.69, 9.17) is 20.8 Å². The monoisotopic (exact) mass is 488 g/mol. The lowest BCUT2D eigenvalue weighted by molar-refractivity contribution is -0.386. The van der Waals surface area contributed by atoms with Gasteiger partial charge in [0, 0.05) is 35.1 Å². The highest BCUT2D eigenvalue weighted by Gasteiger charge is 2.26. The number of nitro benzene ring substituents is 1. The van der Waals surface area contributed by atoms with Crippen molar-refractivity contribution in [1.29, 1.82) is 5.53 Å². The van der Waals surface area contributed by atoms with Crippen LogP contribution in [0.25, 0.3) is 0 Å². The Morgan fingerprint density at radius 3 is 2.76 bits per heavy atom. The van der Waals surface area contributed by atoms with Crippen molar-refractivity contribution in [3.8, 4) is 5.75 Å². The number of hydrogen-bond donors (Lipinski definition) is 4. The molecule has 0 aliphatic carbocycles. The summed E-state index contributed by atoms with van der Waals surface area (Å²) in [4.78, 5) is 30.6. The first-order valence-electron chi connectivity index (χ1n) is 10.8. The van der Waals surface area contributed by atoms with Gasteiger partial charge in [-0.2, -0.15) is 5.53 Å². The maximum atomic E-state index is 12.6. The number of carbonyl (C=O) groups is 1. The topological polar surface area (TPSA) is 156 Å². The number of benzene rings is 2. The molecule has 11 nitrogen and oxygen atoms in total. The number of hydrogen-bond acceptors (Lipinski definition) is 10. The van der Waals surface area contributed by atoms with Crippen molar-refractivity contribution in [1.82, 2.24) is 10.2 Å². The average Bonchev–Trinajstić information content (AvgIpc) is 3.29. The zero-order valence-electron chi connectivity index (χ0n) is 18.8. The third kappa shape index (κ3) is 6.22. The summed E-state index contributed by atoms with van der Waals surface area (Å²) in [5, 5.41) is 15.7. The van der Waals surface area contributed by atoms with Crippen LogP contribution < -0.4 is 15.8 Å². The van der Waals surface area contributed by atoms with E-state index in [0.717, 1.165) is 25.9 Å². The number of likely N-dealkylation sites (tertiary alicyclic amines) is 1. The van der Waals surface area contributed by atoms with Crippen LogP contribution in [0.15, 0.2) is 47.7 Å². The molecule has 1 aliphatic heterocycles. The second-order valence-electron chi connectivity index (χ2n) is 7.94. The van der Waals surface area contributed by atoms with Crippen LogP contribution in [0.3, 0.4) is 0 Å². The minimum absolute atomic E-state index is 0.0506. The molecule has 34 heavy (non-hydrogen) atoms. The summed E-state index contributed by atoms with van der Waals surface area (Å²) >= 11 is 4.11. The molecule has 1 amide bonds. The van der Waals surface area contributed by atoms with Gasteiger partial charge in [-0.1, -0.05) is 31.2 Å². The second-order valence-corrected chi connectivity index (χ2v) is 8.60. The first kappa shape index (κ1) is 25.4. The predicted molar refractivity (Wildman–Crippen MR) is 128 cm³/mol. The Balaban J connectivity index is 1.64. The zero-order valence-corrected chi connectivity index (χ0v) is 19.7. The Morgan fingerprint density at radius 2 is 2.12 bits per heavy atom. The number of amides is 1. The van der Waals surface area contributed by atoms with Crippen molar-refractivity contribution < 1.29 is 19.3 Å². The highest BCUT2D eigenvalue weighted by atomic mass is 32.1. The fourth-order valence-electron chi connectivity index (χ4n) is 3.90. The van der Waals surface area contributed by atoms with E-state index >= 15 is 0 Å². The van der Waals surface area contributed by atoms with E-state index in [1.54, 1.807) is 24.3 Å². The quantitative estimate of drug-likeness (QED) is 0.124. The lowest BCUT2D eigenvalue weighted by atomic mass is 10.1. The molecule has 12 heteroatoms. The SMILES string of the molecule is CCN1CCCC1CNC(=O)c1ccc(OCc2ccc(C(N)(S)ON=N)cc2)c([N+](=O)[O-])c1. The van der Waals surface area contributed by atoms with Gasteiger partial charge in [-0.05, 0) is 43.6 Å². The van der Waals surface area contributed by atoms with E-state index in [2.05, 4.69) is 35.0 Å². The van der Waals surface area contributed by atoms with Crippen molar-refractivity contribution >= 4 is 24.2 Å². The van der Waals surface area contributed by atoms with Crippen LogP contribution in [0.1, 0.15) is 41.3 Å². The summed E-state index contributed by atoms with van der Waals surface area (Å²) in [6.07, 6.45) is 2.12. The molecule has 1 saturated heterocycles. The van der Waals surface area contributed by atoms with Gasteiger partial charge in [0.05, 0.1) is 4.92 Å². The van der Waals surface area contributed by atoms with Gasteiger partial charge < -0.3 is 14.9 Å². The van der Waals surface area contributed by atoms with Gasteiger partial charge in [0.1, 0.15) is 6.61 Å². The summed E-state index contributed by atoms with van der Waals surface area (Å²) in [6.45, 7) is 4.60. The molecule has 3 rings (SSSR count). The molecule has 0 radical (unpaired) electrons. The number of rotatable bonds is 11. The lowest BCUT2D eigenvalue weighted by Crippen LogP contribution is -2.40. The highest BCUT2D eigenvalue weighted by molar-refractivity contribution is 7.81.